The molecular weight excluding hydrogens is 290 g/mol. The lowest BCUT2D eigenvalue weighted by molar-refractivity contribution is 0.0711. The molecule has 1 unspecified atom stereocenters. The fourth-order valence-corrected chi connectivity index (χ4v) is 2.51. The number of fused-ring (bicyclic) bond motifs is 1. The first-order valence-corrected chi connectivity index (χ1v) is 6.98. The molecule has 0 saturated carbocycles. The van der Waals surface area contributed by atoms with Crippen molar-refractivity contribution in [2.24, 2.45) is 0 Å². The van der Waals surface area contributed by atoms with Gasteiger partial charge in [-0.15, -0.1) is 0 Å². The fraction of sp³-hybridized carbons (Fsp3) is 0.333. The molecule has 3 aromatic rings. The van der Waals surface area contributed by atoms with Crippen LogP contribution in [0.2, 0.25) is 0 Å². The van der Waals surface area contributed by atoms with Crippen molar-refractivity contribution in [3.63, 3.8) is 0 Å². The van der Waals surface area contributed by atoms with Crippen LogP contribution in [0.25, 0.3) is 11.0 Å². The topological polar surface area (TPSA) is 55.9 Å². The molecule has 2 aromatic heterocycles. The molecule has 22 heavy (non-hydrogen) atoms. The Balaban J connectivity index is 2.00. The molecule has 0 aliphatic rings. The molecule has 116 valence electrons. The van der Waals surface area contributed by atoms with E-state index in [9.17, 15) is 13.9 Å². The van der Waals surface area contributed by atoms with Crippen molar-refractivity contribution in [3.8, 4) is 0 Å². The lowest BCUT2D eigenvalue weighted by atomic mass is 10.3. The Hall–Kier alpha value is -2.28. The van der Waals surface area contributed by atoms with E-state index >= 15 is 0 Å². The third-order valence-corrected chi connectivity index (χ3v) is 3.46. The number of hydrogen-bond donors (Lipinski definition) is 1. The second-order valence-corrected chi connectivity index (χ2v) is 5.19. The predicted molar refractivity (Wildman–Crippen MR) is 77.7 cm³/mol. The second-order valence-electron chi connectivity index (χ2n) is 5.19. The van der Waals surface area contributed by atoms with Gasteiger partial charge in [0.25, 0.3) is 0 Å². The molecule has 7 heteroatoms. The van der Waals surface area contributed by atoms with Crippen molar-refractivity contribution in [1.82, 2.24) is 19.1 Å². The molecule has 2 heterocycles. The highest BCUT2D eigenvalue weighted by atomic mass is 19.3. The Morgan fingerprint density at radius 2 is 2.00 bits per heavy atom. The summed E-state index contributed by atoms with van der Waals surface area (Å²) in [7, 11) is 0. The highest BCUT2D eigenvalue weighted by Crippen LogP contribution is 2.23. The standard InChI is InChI=1S/C15H16F2N4O/c1-10(22)8-13-18-6-7-20(13)9-14-19-11-4-2-3-5-12(11)21(14)15(16)17/h2-7,10,15,22H,8-9H2,1H3. The van der Waals surface area contributed by atoms with Crippen molar-refractivity contribution in [1.29, 1.82) is 0 Å². The van der Waals surface area contributed by atoms with E-state index in [-0.39, 0.29) is 12.4 Å². The first kappa shape index (κ1) is 14.6. The summed E-state index contributed by atoms with van der Waals surface area (Å²) in [6.07, 6.45) is 3.11. The number of rotatable bonds is 5. The van der Waals surface area contributed by atoms with Crippen LogP contribution < -0.4 is 0 Å². The van der Waals surface area contributed by atoms with E-state index in [0.717, 1.165) is 4.57 Å². The first-order valence-electron chi connectivity index (χ1n) is 6.98. The van der Waals surface area contributed by atoms with Gasteiger partial charge >= 0.3 is 6.55 Å². The van der Waals surface area contributed by atoms with Crippen LogP contribution in [-0.2, 0) is 13.0 Å². The summed E-state index contributed by atoms with van der Waals surface area (Å²) >= 11 is 0. The van der Waals surface area contributed by atoms with E-state index in [2.05, 4.69) is 9.97 Å². The zero-order valence-corrected chi connectivity index (χ0v) is 12.0. The minimum absolute atomic E-state index is 0.182. The fourth-order valence-electron chi connectivity index (χ4n) is 2.51. The number of aliphatic hydroxyl groups excluding tert-OH is 1. The van der Waals surface area contributed by atoms with Gasteiger partial charge in [0.1, 0.15) is 11.6 Å². The Morgan fingerprint density at radius 3 is 2.73 bits per heavy atom. The molecule has 1 aromatic carbocycles. The van der Waals surface area contributed by atoms with Gasteiger partial charge in [-0.05, 0) is 19.1 Å². The smallest absolute Gasteiger partial charge is 0.320 e. The van der Waals surface area contributed by atoms with E-state index < -0.39 is 12.7 Å². The van der Waals surface area contributed by atoms with Crippen LogP contribution in [0.4, 0.5) is 8.78 Å². The number of para-hydroxylation sites is 2. The van der Waals surface area contributed by atoms with Gasteiger partial charge in [0.2, 0.25) is 0 Å². The van der Waals surface area contributed by atoms with Gasteiger partial charge in [0.05, 0.1) is 23.7 Å². The van der Waals surface area contributed by atoms with Crippen molar-refractivity contribution in [3.05, 3.63) is 48.3 Å². The summed E-state index contributed by atoms with van der Waals surface area (Å²) in [6, 6.07) is 6.82. The quantitative estimate of drug-likeness (QED) is 0.788. The lowest BCUT2D eigenvalue weighted by Crippen LogP contribution is -2.14. The number of imidazole rings is 2. The van der Waals surface area contributed by atoms with Crippen molar-refractivity contribution in [2.45, 2.75) is 32.5 Å². The SMILES string of the molecule is CC(O)Cc1nccn1Cc1nc2ccccc2n1C(F)F. The van der Waals surface area contributed by atoms with E-state index in [0.29, 0.717) is 23.3 Å². The van der Waals surface area contributed by atoms with Crippen LogP contribution in [0.1, 0.15) is 25.1 Å². The van der Waals surface area contributed by atoms with Crippen molar-refractivity contribution < 1.29 is 13.9 Å². The summed E-state index contributed by atoms with van der Waals surface area (Å²) in [4.78, 5) is 8.46. The average Bonchev–Trinajstić information content (AvgIpc) is 3.02. The maximum Gasteiger partial charge on any atom is 0.320 e. The van der Waals surface area contributed by atoms with Gasteiger partial charge in [-0.1, -0.05) is 12.1 Å². The molecule has 0 aliphatic carbocycles. The summed E-state index contributed by atoms with van der Waals surface area (Å²) in [5.74, 6) is 0.906. The largest absolute Gasteiger partial charge is 0.393 e. The minimum atomic E-state index is -2.66. The van der Waals surface area contributed by atoms with E-state index in [4.69, 9.17) is 0 Å². The highest BCUT2D eigenvalue weighted by molar-refractivity contribution is 5.75. The zero-order valence-electron chi connectivity index (χ0n) is 12.0. The third kappa shape index (κ3) is 2.71. The van der Waals surface area contributed by atoms with E-state index in [1.165, 1.54) is 0 Å². The minimum Gasteiger partial charge on any atom is -0.393 e. The molecule has 0 saturated heterocycles. The van der Waals surface area contributed by atoms with Crippen LogP contribution >= 0.6 is 0 Å². The number of alkyl halides is 2. The number of benzene rings is 1. The summed E-state index contributed by atoms with van der Waals surface area (Å²) in [5.41, 5.74) is 0.944. The Labute approximate surface area is 125 Å². The molecule has 0 radical (unpaired) electrons. The van der Waals surface area contributed by atoms with Gasteiger partial charge in [0.15, 0.2) is 0 Å². The molecule has 1 N–H and O–H groups in total. The summed E-state index contributed by atoms with van der Waals surface area (Å²) < 4.78 is 29.4. The van der Waals surface area contributed by atoms with Gasteiger partial charge in [-0.3, -0.25) is 4.57 Å². The second kappa shape index (κ2) is 5.84. The molecule has 0 fully saturated rings. The predicted octanol–water partition coefficient (Wildman–Crippen LogP) is 2.60. The normalized spacial score (nSPS) is 13.1. The summed E-state index contributed by atoms with van der Waals surface area (Å²) in [5, 5.41) is 9.48. The molecular formula is C15H16F2N4O. The van der Waals surface area contributed by atoms with Crippen LogP contribution in [0.3, 0.4) is 0 Å². The van der Waals surface area contributed by atoms with Crippen LogP contribution in [-0.4, -0.2) is 30.3 Å². The van der Waals surface area contributed by atoms with Crippen molar-refractivity contribution >= 4 is 11.0 Å². The number of hydrogen-bond acceptors (Lipinski definition) is 3. The first-order chi connectivity index (χ1) is 10.6. The Morgan fingerprint density at radius 1 is 1.23 bits per heavy atom. The maximum absolute atomic E-state index is 13.4. The molecule has 5 nitrogen and oxygen atoms in total. The number of aromatic nitrogens is 4. The number of halogens is 2. The molecule has 1 atom stereocenters. The average molecular weight is 306 g/mol. The number of nitrogens with zero attached hydrogens (tertiary/aromatic N) is 4. The molecule has 0 bridgehead atoms. The molecule has 0 spiro atoms. The zero-order chi connectivity index (χ0) is 15.7. The Kier molecular flexibility index (Phi) is 3.89. The van der Waals surface area contributed by atoms with Crippen LogP contribution in [0.5, 0.6) is 0 Å². The lowest BCUT2D eigenvalue weighted by Gasteiger charge is -2.11. The monoisotopic (exact) mass is 306 g/mol. The van der Waals surface area contributed by atoms with E-state index in [1.807, 2.05) is 0 Å². The molecule has 0 aliphatic heterocycles. The van der Waals surface area contributed by atoms with E-state index in [1.54, 1.807) is 48.1 Å². The molecule has 3 rings (SSSR count). The van der Waals surface area contributed by atoms with Crippen molar-refractivity contribution in [2.75, 3.05) is 0 Å². The van der Waals surface area contributed by atoms with Gasteiger partial charge in [0, 0.05) is 18.8 Å². The highest BCUT2D eigenvalue weighted by Gasteiger charge is 2.18. The summed E-state index contributed by atoms with van der Waals surface area (Å²) in [6.45, 7) is -0.819. The molecule has 0 amide bonds. The number of aliphatic hydroxyl groups is 1. The third-order valence-electron chi connectivity index (χ3n) is 3.46. The van der Waals surface area contributed by atoms with Crippen LogP contribution in [0, 0.1) is 0 Å². The van der Waals surface area contributed by atoms with Crippen LogP contribution in [0.15, 0.2) is 36.7 Å². The Bertz CT molecular complexity index is 779. The van der Waals surface area contributed by atoms with Gasteiger partial charge < -0.3 is 9.67 Å². The maximum atomic E-state index is 13.4. The van der Waals surface area contributed by atoms with Gasteiger partial charge in [-0.25, -0.2) is 9.97 Å². The van der Waals surface area contributed by atoms with Gasteiger partial charge in [-0.2, -0.15) is 8.78 Å².